The van der Waals surface area contributed by atoms with E-state index in [1.54, 1.807) is 18.2 Å². The van der Waals surface area contributed by atoms with Crippen molar-refractivity contribution in [2.45, 2.75) is 6.18 Å². The molecule has 3 rings (SSSR count). The van der Waals surface area contributed by atoms with Gasteiger partial charge in [0.15, 0.2) is 4.32 Å². The Labute approximate surface area is 161 Å². The van der Waals surface area contributed by atoms with E-state index < -0.39 is 23.6 Å². The third-order valence-electron chi connectivity index (χ3n) is 3.70. The second-order valence-electron chi connectivity index (χ2n) is 5.49. The predicted octanol–water partition coefficient (Wildman–Crippen LogP) is 4.81. The van der Waals surface area contributed by atoms with Crippen LogP contribution < -0.4 is 4.90 Å². The molecule has 138 valence electrons. The van der Waals surface area contributed by atoms with Crippen LogP contribution in [0.5, 0.6) is 0 Å². The van der Waals surface area contributed by atoms with Crippen molar-refractivity contribution in [3.63, 3.8) is 0 Å². The van der Waals surface area contributed by atoms with Gasteiger partial charge in [0.2, 0.25) is 0 Å². The average Bonchev–Trinajstić information content (AvgIpc) is 2.88. The van der Waals surface area contributed by atoms with Gasteiger partial charge >= 0.3 is 12.1 Å². The molecular weight excluding hydrogens is 399 g/mol. The molecule has 0 aromatic heterocycles. The summed E-state index contributed by atoms with van der Waals surface area (Å²) in [6.45, 7) is 0. The summed E-state index contributed by atoms with van der Waals surface area (Å²) < 4.78 is 38.2. The molecule has 27 heavy (non-hydrogen) atoms. The summed E-state index contributed by atoms with van der Waals surface area (Å²) in [5.74, 6) is -1.51. The molecule has 1 amide bonds. The van der Waals surface area contributed by atoms with Crippen molar-refractivity contribution in [3.05, 3.63) is 70.1 Å². The number of thioether (sulfide) groups is 1. The largest absolute Gasteiger partial charge is 0.478 e. The van der Waals surface area contributed by atoms with Gasteiger partial charge in [-0.3, -0.25) is 9.69 Å². The zero-order valence-corrected chi connectivity index (χ0v) is 15.0. The van der Waals surface area contributed by atoms with E-state index in [2.05, 4.69) is 0 Å². The Morgan fingerprint density at radius 2 is 1.67 bits per heavy atom. The van der Waals surface area contributed by atoms with Crippen molar-refractivity contribution in [1.82, 2.24) is 0 Å². The van der Waals surface area contributed by atoms with Gasteiger partial charge in [0, 0.05) is 0 Å². The Hall–Kier alpha value is -2.65. The van der Waals surface area contributed by atoms with E-state index >= 15 is 0 Å². The highest BCUT2D eigenvalue weighted by molar-refractivity contribution is 8.27. The number of aromatic carboxylic acids is 1. The first-order chi connectivity index (χ1) is 12.7. The zero-order chi connectivity index (χ0) is 19.8. The lowest BCUT2D eigenvalue weighted by molar-refractivity contribution is -0.137. The molecule has 0 aliphatic carbocycles. The van der Waals surface area contributed by atoms with Crippen LogP contribution in [0.1, 0.15) is 21.5 Å². The zero-order valence-electron chi connectivity index (χ0n) is 13.4. The number of alkyl halides is 3. The van der Waals surface area contributed by atoms with Gasteiger partial charge in [0.1, 0.15) is 0 Å². The highest BCUT2D eigenvalue weighted by Crippen LogP contribution is 2.37. The summed E-state index contributed by atoms with van der Waals surface area (Å²) >= 11 is 6.20. The lowest BCUT2D eigenvalue weighted by atomic mass is 10.1. The molecule has 0 saturated carbocycles. The lowest BCUT2D eigenvalue weighted by Crippen LogP contribution is -2.27. The van der Waals surface area contributed by atoms with Crippen LogP contribution in [0.4, 0.5) is 18.9 Å². The molecule has 1 N–H and O–H groups in total. The fourth-order valence-electron chi connectivity index (χ4n) is 2.36. The van der Waals surface area contributed by atoms with Gasteiger partial charge in [-0.15, -0.1) is 0 Å². The van der Waals surface area contributed by atoms with Crippen LogP contribution in [-0.2, 0) is 11.0 Å². The number of carboxylic acid groups (broad SMARTS) is 1. The highest BCUT2D eigenvalue weighted by Gasteiger charge is 2.34. The number of nitrogens with zero attached hydrogens (tertiary/aromatic N) is 1. The topological polar surface area (TPSA) is 57.6 Å². The van der Waals surface area contributed by atoms with Crippen LogP contribution in [0.25, 0.3) is 6.08 Å². The normalized spacial score (nSPS) is 16.3. The van der Waals surface area contributed by atoms with Crippen molar-refractivity contribution in [3.8, 4) is 0 Å². The van der Waals surface area contributed by atoms with Gasteiger partial charge < -0.3 is 5.11 Å². The van der Waals surface area contributed by atoms with Crippen molar-refractivity contribution in [1.29, 1.82) is 0 Å². The third kappa shape index (κ3) is 4.04. The number of hydrogen-bond acceptors (Lipinski definition) is 4. The second-order valence-corrected chi connectivity index (χ2v) is 7.16. The molecule has 0 spiro atoms. The van der Waals surface area contributed by atoms with E-state index in [4.69, 9.17) is 17.3 Å². The molecule has 0 bridgehead atoms. The molecule has 4 nitrogen and oxygen atoms in total. The van der Waals surface area contributed by atoms with Crippen molar-refractivity contribution < 1.29 is 27.9 Å². The quantitative estimate of drug-likeness (QED) is 0.583. The molecule has 9 heteroatoms. The number of carbonyl (C=O) groups is 2. The number of carbonyl (C=O) groups excluding carboxylic acids is 1. The van der Waals surface area contributed by atoms with Gasteiger partial charge in [0.25, 0.3) is 5.91 Å². The fourth-order valence-corrected chi connectivity index (χ4v) is 3.66. The molecule has 2 aromatic rings. The number of hydrogen-bond donors (Lipinski definition) is 1. The number of anilines is 1. The van der Waals surface area contributed by atoms with E-state index in [1.165, 1.54) is 24.3 Å². The molecular formula is C18H10F3NO3S2. The molecule has 1 aliphatic rings. The Kier molecular flexibility index (Phi) is 5.07. The minimum Gasteiger partial charge on any atom is -0.478 e. The number of carboxylic acids is 1. The maximum atomic E-state index is 12.7. The molecule has 1 heterocycles. The number of halogens is 3. The second kappa shape index (κ2) is 7.16. The minimum atomic E-state index is -4.46. The Balaban J connectivity index is 1.85. The number of thiocarbonyl (C=S) groups is 1. The summed E-state index contributed by atoms with van der Waals surface area (Å²) in [7, 11) is 0. The van der Waals surface area contributed by atoms with Crippen molar-refractivity contribution >= 4 is 51.9 Å². The van der Waals surface area contributed by atoms with Gasteiger partial charge in [-0.1, -0.05) is 36.1 Å². The van der Waals surface area contributed by atoms with Crippen molar-refractivity contribution in [2.24, 2.45) is 0 Å². The maximum Gasteiger partial charge on any atom is 0.416 e. The Morgan fingerprint density at radius 1 is 1.07 bits per heavy atom. The van der Waals surface area contributed by atoms with Crippen molar-refractivity contribution in [2.75, 3.05) is 4.90 Å². The van der Waals surface area contributed by atoms with E-state index in [9.17, 15) is 22.8 Å². The molecule has 1 aliphatic heterocycles. The highest BCUT2D eigenvalue weighted by atomic mass is 32.2. The van der Waals surface area contributed by atoms with Gasteiger partial charge in [-0.2, -0.15) is 13.2 Å². The summed E-state index contributed by atoms with van der Waals surface area (Å²) in [6.07, 6.45) is -2.91. The fraction of sp³-hybridized carbons (Fsp3) is 0.0556. The van der Waals surface area contributed by atoms with Crippen LogP contribution >= 0.6 is 24.0 Å². The van der Waals surface area contributed by atoms with Crippen LogP contribution in [0.15, 0.2) is 53.4 Å². The SMILES string of the molecule is O=C(O)c1ccc(C=C2SC(=S)N(c3ccc(C(F)(F)F)cc3)C2=O)cc1. The van der Waals surface area contributed by atoms with Crippen LogP contribution in [-0.4, -0.2) is 21.3 Å². The molecule has 0 unspecified atom stereocenters. The van der Waals surface area contributed by atoms with Crippen LogP contribution in [0, 0.1) is 0 Å². The van der Waals surface area contributed by atoms with E-state index in [-0.39, 0.29) is 15.6 Å². The maximum absolute atomic E-state index is 12.7. The first-order valence-corrected chi connectivity index (χ1v) is 8.68. The van der Waals surface area contributed by atoms with Gasteiger partial charge in [-0.25, -0.2) is 4.79 Å². The monoisotopic (exact) mass is 409 g/mol. The molecule has 1 fully saturated rings. The predicted molar refractivity (Wildman–Crippen MR) is 100 cm³/mol. The standard InChI is InChI=1S/C18H10F3NO3S2/c19-18(20,21)12-5-7-13(8-6-12)22-15(23)14(27-17(22)26)9-10-1-3-11(4-2-10)16(24)25/h1-9H,(H,24,25). The first kappa shape index (κ1) is 19.1. The van der Waals surface area contributed by atoms with Crippen LogP contribution in [0.2, 0.25) is 0 Å². The molecule has 1 saturated heterocycles. The minimum absolute atomic E-state index is 0.115. The summed E-state index contributed by atoms with van der Waals surface area (Å²) in [5.41, 5.74) is 0.151. The van der Waals surface area contributed by atoms with Gasteiger partial charge in [-0.05, 0) is 48.0 Å². The lowest BCUT2D eigenvalue weighted by Gasteiger charge is -2.15. The third-order valence-corrected chi connectivity index (χ3v) is 5.00. The van der Waals surface area contributed by atoms with E-state index in [0.717, 1.165) is 28.8 Å². The summed E-state index contributed by atoms with van der Waals surface area (Å²) in [6, 6.07) is 10.1. The first-order valence-electron chi connectivity index (χ1n) is 7.45. The molecule has 0 radical (unpaired) electrons. The van der Waals surface area contributed by atoms with E-state index in [1.807, 2.05) is 0 Å². The van der Waals surface area contributed by atoms with E-state index in [0.29, 0.717) is 10.5 Å². The smallest absolute Gasteiger partial charge is 0.416 e. The number of rotatable bonds is 3. The van der Waals surface area contributed by atoms with Crippen LogP contribution in [0.3, 0.4) is 0 Å². The molecule has 0 atom stereocenters. The van der Waals surface area contributed by atoms with Gasteiger partial charge in [0.05, 0.1) is 21.7 Å². The Morgan fingerprint density at radius 3 is 2.19 bits per heavy atom. The molecule has 2 aromatic carbocycles. The summed E-state index contributed by atoms with van der Waals surface area (Å²) in [4.78, 5) is 24.9. The average molecular weight is 409 g/mol. The number of amides is 1. The summed E-state index contributed by atoms with van der Waals surface area (Å²) in [5, 5.41) is 8.90. The number of benzene rings is 2. The Bertz CT molecular complexity index is 951.